The molecule has 0 fully saturated rings. The van der Waals surface area contributed by atoms with Gasteiger partial charge in [-0.3, -0.25) is 4.79 Å². The second-order valence-corrected chi connectivity index (χ2v) is 6.86. The van der Waals surface area contributed by atoms with Crippen LogP contribution < -0.4 is 0 Å². The van der Waals surface area contributed by atoms with Crippen LogP contribution >= 0.6 is 27.3 Å². The molecule has 0 unspecified atom stereocenters. The van der Waals surface area contributed by atoms with Gasteiger partial charge in [-0.15, -0.1) is 11.3 Å². The number of hydrogen-bond acceptors (Lipinski definition) is 3. The van der Waals surface area contributed by atoms with Crippen LogP contribution in [0, 0.1) is 0 Å². The van der Waals surface area contributed by atoms with Gasteiger partial charge in [0.1, 0.15) is 5.75 Å². The molecule has 2 heterocycles. The normalized spacial score (nSPS) is 14.3. The summed E-state index contributed by atoms with van der Waals surface area (Å²) < 4.78 is 0.964. The predicted molar refractivity (Wildman–Crippen MR) is 78.6 cm³/mol. The summed E-state index contributed by atoms with van der Waals surface area (Å²) in [5.41, 5.74) is 2.97. The monoisotopic (exact) mass is 337 g/mol. The van der Waals surface area contributed by atoms with Gasteiger partial charge in [-0.1, -0.05) is 6.07 Å². The van der Waals surface area contributed by atoms with Crippen molar-refractivity contribution in [3.05, 3.63) is 50.1 Å². The molecular formula is C14H12BrNO2S. The van der Waals surface area contributed by atoms with E-state index in [-0.39, 0.29) is 11.7 Å². The van der Waals surface area contributed by atoms with Crippen molar-refractivity contribution >= 4 is 33.2 Å². The summed E-state index contributed by atoms with van der Waals surface area (Å²) >= 11 is 4.89. The Morgan fingerprint density at radius 3 is 2.89 bits per heavy atom. The molecule has 0 bridgehead atoms. The average molecular weight is 338 g/mol. The number of fused-ring (bicyclic) bond motifs is 1. The summed E-state index contributed by atoms with van der Waals surface area (Å²) in [5, 5.41) is 11.4. The van der Waals surface area contributed by atoms with Crippen molar-refractivity contribution in [2.24, 2.45) is 0 Å². The predicted octanol–water partition coefficient (Wildman–Crippen LogP) is 3.41. The molecule has 1 aromatic carbocycles. The standard InChI is InChI=1S/C14H12BrNO2S/c15-13-6-11(8-19-13)14(18)16-4-3-9-1-2-12(17)5-10(9)7-16/h1-2,5-6,8,17H,3-4,7H2. The van der Waals surface area contributed by atoms with E-state index in [2.05, 4.69) is 15.9 Å². The fourth-order valence-corrected chi connectivity index (χ4v) is 3.45. The Kier molecular flexibility index (Phi) is 3.33. The summed E-state index contributed by atoms with van der Waals surface area (Å²) in [6.45, 7) is 1.29. The van der Waals surface area contributed by atoms with E-state index in [9.17, 15) is 9.90 Å². The van der Waals surface area contributed by atoms with Gasteiger partial charge in [0.25, 0.3) is 5.91 Å². The summed E-state index contributed by atoms with van der Waals surface area (Å²) in [5.74, 6) is 0.308. The third kappa shape index (κ3) is 2.53. The Hall–Kier alpha value is -1.33. The molecule has 19 heavy (non-hydrogen) atoms. The first kappa shape index (κ1) is 12.7. The largest absolute Gasteiger partial charge is 0.508 e. The van der Waals surface area contributed by atoms with Crippen LogP contribution in [0.3, 0.4) is 0 Å². The van der Waals surface area contributed by atoms with E-state index in [0.717, 1.165) is 27.9 Å². The molecule has 1 aliphatic heterocycles. The average Bonchev–Trinajstić information content (AvgIpc) is 2.83. The summed E-state index contributed by atoms with van der Waals surface area (Å²) in [6, 6.07) is 7.24. The lowest BCUT2D eigenvalue weighted by Gasteiger charge is -2.28. The van der Waals surface area contributed by atoms with Crippen LogP contribution in [0.2, 0.25) is 0 Å². The number of halogens is 1. The van der Waals surface area contributed by atoms with E-state index in [0.29, 0.717) is 6.54 Å². The minimum absolute atomic E-state index is 0.0518. The fourth-order valence-electron chi connectivity index (χ4n) is 2.32. The van der Waals surface area contributed by atoms with Gasteiger partial charge < -0.3 is 10.0 Å². The second kappa shape index (κ2) is 4.98. The molecule has 1 amide bonds. The lowest BCUT2D eigenvalue weighted by atomic mass is 9.99. The number of phenols is 1. The number of benzene rings is 1. The smallest absolute Gasteiger partial charge is 0.255 e. The van der Waals surface area contributed by atoms with Crippen LogP contribution in [0.1, 0.15) is 21.5 Å². The van der Waals surface area contributed by atoms with Crippen LogP contribution in [0.25, 0.3) is 0 Å². The summed E-state index contributed by atoms with van der Waals surface area (Å²) in [4.78, 5) is 14.2. The number of phenolic OH excluding ortho intramolecular Hbond substituents is 1. The molecule has 0 atom stereocenters. The maximum Gasteiger partial charge on any atom is 0.255 e. The van der Waals surface area contributed by atoms with E-state index < -0.39 is 0 Å². The van der Waals surface area contributed by atoms with Crippen molar-refractivity contribution in [1.29, 1.82) is 0 Å². The molecule has 3 rings (SSSR count). The molecule has 1 aliphatic rings. The van der Waals surface area contributed by atoms with Gasteiger partial charge in [-0.2, -0.15) is 0 Å². The van der Waals surface area contributed by atoms with Gasteiger partial charge in [-0.05, 0) is 51.7 Å². The van der Waals surface area contributed by atoms with Crippen LogP contribution in [0.15, 0.2) is 33.4 Å². The van der Waals surface area contributed by atoms with Gasteiger partial charge >= 0.3 is 0 Å². The van der Waals surface area contributed by atoms with E-state index in [4.69, 9.17) is 0 Å². The van der Waals surface area contributed by atoms with Crippen LogP contribution in [0.4, 0.5) is 0 Å². The highest BCUT2D eigenvalue weighted by Gasteiger charge is 2.22. The Labute approximate surface area is 123 Å². The minimum Gasteiger partial charge on any atom is -0.508 e. The summed E-state index contributed by atoms with van der Waals surface area (Å²) in [6.07, 6.45) is 0.840. The Morgan fingerprint density at radius 1 is 1.32 bits per heavy atom. The van der Waals surface area contributed by atoms with Gasteiger partial charge in [0.2, 0.25) is 0 Å². The molecular weight excluding hydrogens is 326 g/mol. The first-order valence-electron chi connectivity index (χ1n) is 5.97. The molecule has 0 spiro atoms. The Morgan fingerprint density at radius 2 is 2.16 bits per heavy atom. The zero-order valence-corrected chi connectivity index (χ0v) is 12.5. The van der Waals surface area contributed by atoms with Crippen molar-refractivity contribution < 1.29 is 9.90 Å². The van der Waals surface area contributed by atoms with E-state index >= 15 is 0 Å². The number of amides is 1. The van der Waals surface area contributed by atoms with E-state index in [1.165, 1.54) is 16.9 Å². The first-order chi connectivity index (χ1) is 9.13. The van der Waals surface area contributed by atoms with Crippen molar-refractivity contribution in [2.45, 2.75) is 13.0 Å². The molecule has 98 valence electrons. The zero-order valence-electron chi connectivity index (χ0n) is 10.1. The molecule has 1 N–H and O–H groups in total. The third-order valence-corrected chi connectivity index (χ3v) is 4.81. The number of hydrogen-bond donors (Lipinski definition) is 1. The number of carbonyl (C=O) groups is 1. The molecule has 0 saturated heterocycles. The van der Waals surface area contributed by atoms with Crippen molar-refractivity contribution in [3.63, 3.8) is 0 Å². The minimum atomic E-state index is 0.0518. The number of carbonyl (C=O) groups excluding carboxylic acids is 1. The van der Waals surface area contributed by atoms with Crippen molar-refractivity contribution in [1.82, 2.24) is 4.90 Å². The second-order valence-electron chi connectivity index (χ2n) is 4.57. The third-order valence-electron chi connectivity index (χ3n) is 3.30. The summed E-state index contributed by atoms with van der Waals surface area (Å²) in [7, 11) is 0. The number of aromatic hydroxyl groups is 1. The number of rotatable bonds is 1. The lowest BCUT2D eigenvalue weighted by molar-refractivity contribution is 0.0735. The molecule has 0 saturated carbocycles. The molecule has 1 aromatic heterocycles. The molecule has 2 aromatic rings. The number of thiophene rings is 1. The zero-order chi connectivity index (χ0) is 13.4. The Bertz CT molecular complexity index is 638. The molecule has 5 heteroatoms. The molecule has 0 radical (unpaired) electrons. The van der Waals surface area contributed by atoms with Crippen LogP contribution in [-0.4, -0.2) is 22.5 Å². The van der Waals surface area contributed by atoms with Gasteiger partial charge in [0.05, 0.1) is 9.35 Å². The fraction of sp³-hybridized carbons (Fsp3) is 0.214. The van der Waals surface area contributed by atoms with Gasteiger partial charge in [0, 0.05) is 18.5 Å². The molecule has 3 nitrogen and oxygen atoms in total. The van der Waals surface area contributed by atoms with Crippen molar-refractivity contribution in [2.75, 3.05) is 6.54 Å². The van der Waals surface area contributed by atoms with Gasteiger partial charge in [-0.25, -0.2) is 0 Å². The molecule has 0 aliphatic carbocycles. The van der Waals surface area contributed by atoms with Gasteiger partial charge in [0.15, 0.2) is 0 Å². The first-order valence-corrected chi connectivity index (χ1v) is 7.65. The van der Waals surface area contributed by atoms with Crippen LogP contribution in [0.5, 0.6) is 5.75 Å². The highest BCUT2D eigenvalue weighted by atomic mass is 79.9. The maximum absolute atomic E-state index is 12.4. The Balaban J connectivity index is 1.83. The topological polar surface area (TPSA) is 40.5 Å². The SMILES string of the molecule is O=C(c1csc(Br)c1)N1CCc2ccc(O)cc2C1. The lowest BCUT2D eigenvalue weighted by Crippen LogP contribution is -2.35. The van der Waals surface area contributed by atoms with Crippen molar-refractivity contribution in [3.8, 4) is 5.75 Å². The number of nitrogens with zero attached hydrogens (tertiary/aromatic N) is 1. The van der Waals surface area contributed by atoms with E-state index in [1.54, 1.807) is 12.1 Å². The van der Waals surface area contributed by atoms with E-state index in [1.807, 2.05) is 22.4 Å². The quantitative estimate of drug-likeness (QED) is 0.866. The van der Waals surface area contributed by atoms with Crippen LogP contribution in [-0.2, 0) is 13.0 Å². The highest BCUT2D eigenvalue weighted by molar-refractivity contribution is 9.11. The highest BCUT2D eigenvalue weighted by Crippen LogP contribution is 2.26. The maximum atomic E-state index is 12.4.